The van der Waals surface area contributed by atoms with Crippen LogP contribution in [0.5, 0.6) is 0 Å². The van der Waals surface area contributed by atoms with E-state index in [-0.39, 0.29) is 11.3 Å². The molecule has 0 unspecified atom stereocenters. The number of pyridine rings is 1. The number of halogens is 2. The van der Waals surface area contributed by atoms with Crippen molar-refractivity contribution in [3.05, 3.63) is 29.6 Å². The maximum Gasteiger partial charge on any atom is 0.337 e. The number of rotatable bonds is 2. The molecule has 64 valence electrons. The van der Waals surface area contributed by atoms with Gasteiger partial charge in [0.1, 0.15) is 4.84 Å². The molecule has 0 amide bonds. The fraction of sp³-hybridized carbons (Fsp3) is 0.143. The third kappa shape index (κ3) is 1.87. The number of hydrogen-bond donors (Lipinski definition) is 1. The molecule has 1 aromatic heterocycles. The SMILES string of the molecule is O=C(O)c1cccnc1C(Cl)Cl. The van der Waals surface area contributed by atoms with Gasteiger partial charge in [0.05, 0.1) is 11.3 Å². The molecule has 0 aromatic carbocycles. The third-order valence-corrected chi connectivity index (χ3v) is 1.69. The first-order valence-electron chi connectivity index (χ1n) is 3.09. The second kappa shape index (κ2) is 3.74. The summed E-state index contributed by atoms with van der Waals surface area (Å²) in [4.78, 5) is 13.4. The molecule has 0 spiro atoms. The predicted octanol–water partition coefficient (Wildman–Crippen LogP) is 2.26. The second-order valence-electron chi connectivity index (χ2n) is 2.04. The Morgan fingerprint density at radius 3 is 2.67 bits per heavy atom. The van der Waals surface area contributed by atoms with Crippen molar-refractivity contribution in [2.45, 2.75) is 4.84 Å². The lowest BCUT2D eigenvalue weighted by Gasteiger charge is -2.03. The number of aromatic nitrogens is 1. The van der Waals surface area contributed by atoms with Gasteiger partial charge in [0.2, 0.25) is 0 Å². The Labute approximate surface area is 78.9 Å². The zero-order chi connectivity index (χ0) is 9.14. The molecule has 5 heteroatoms. The Morgan fingerprint density at radius 1 is 1.58 bits per heavy atom. The summed E-state index contributed by atoms with van der Waals surface area (Å²) in [6.45, 7) is 0. The van der Waals surface area contributed by atoms with E-state index in [0.717, 1.165) is 0 Å². The number of carboxylic acid groups (broad SMARTS) is 1. The van der Waals surface area contributed by atoms with Crippen LogP contribution in [0.4, 0.5) is 0 Å². The van der Waals surface area contributed by atoms with E-state index in [0.29, 0.717) is 0 Å². The van der Waals surface area contributed by atoms with Crippen molar-refractivity contribution in [1.29, 1.82) is 0 Å². The van der Waals surface area contributed by atoms with E-state index in [1.165, 1.54) is 18.3 Å². The summed E-state index contributed by atoms with van der Waals surface area (Å²) in [5.74, 6) is -1.08. The van der Waals surface area contributed by atoms with Gasteiger partial charge in [-0.05, 0) is 12.1 Å². The number of nitrogens with zero attached hydrogens (tertiary/aromatic N) is 1. The molecular formula is C7H5Cl2NO2. The Morgan fingerprint density at radius 2 is 2.25 bits per heavy atom. The average Bonchev–Trinajstić information content (AvgIpc) is 2.04. The van der Waals surface area contributed by atoms with E-state index in [9.17, 15) is 4.79 Å². The van der Waals surface area contributed by atoms with E-state index >= 15 is 0 Å². The summed E-state index contributed by atoms with van der Waals surface area (Å²) >= 11 is 11.0. The van der Waals surface area contributed by atoms with Gasteiger partial charge < -0.3 is 5.11 Å². The Balaban J connectivity index is 3.17. The van der Waals surface area contributed by atoms with Gasteiger partial charge in [0, 0.05) is 6.20 Å². The van der Waals surface area contributed by atoms with Gasteiger partial charge in [-0.2, -0.15) is 0 Å². The molecule has 0 saturated heterocycles. The summed E-state index contributed by atoms with van der Waals surface area (Å²) in [5.41, 5.74) is 0.209. The highest BCUT2D eigenvalue weighted by Crippen LogP contribution is 2.25. The highest BCUT2D eigenvalue weighted by atomic mass is 35.5. The zero-order valence-corrected chi connectivity index (χ0v) is 7.38. The van der Waals surface area contributed by atoms with Crippen LogP contribution in [0.15, 0.2) is 18.3 Å². The lowest BCUT2D eigenvalue weighted by molar-refractivity contribution is 0.0695. The average molecular weight is 206 g/mol. The second-order valence-corrected chi connectivity index (χ2v) is 3.14. The van der Waals surface area contributed by atoms with Crippen molar-refractivity contribution in [2.24, 2.45) is 0 Å². The van der Waals surface area contributed by atoms with Crippen LogP contribution in [0, 0.1) is 0 Å². The molecule has 0 radical (unpaired) electrons. The van der Waals surface area contributed by atoms with E-state index in [2.05, 4.69) is 4.98 Å². The molecule has 0 atom stereocenters. The van der Waals surface area contributed by atoms with E-state index in [4.69, 9.17) is 28.3 Å². The lowest BCUT2D eigenvalue weighted by Crippen LogP contribution is -2.03. The lowest BCUT2D eigenvalue weighted by atomic mass is 10.2. The fourth-order valence-corrected chi connectivity index (χ4v) is 1.12. The Hall–Kier alpha value is -0.800. The molecule has 0 aliphatic carbocycles. The van der Waals surface area contributed by atoms with Crippen LogP contribution in [0.25, 0.3) is 0 Å². The molecule has 0 bridgehead atoms. The van der Waals surface area contributed by atoms with Crippen LogP contribution in [-0.4, -0.2) is 16.1 Å². The van der Waals surface area contributed by atoms with Crippen LogP contribution in [0.2, 0.25) is 0 Å². The van der Waals surface area contributed by atoms with Gasteiger partial charge >= 0.3 is 5.97 Å². The molecule has 1 heterocycles. The molecular weight excluding hydrogens is 201 g/mol. The summed E-state index contributed by atoms with van der Waals surface area (Å²) in [5, 5.41) is 8.66. The van der Waals surface area contributed by atoms with Gasteiger partial charge in [-0.1, -0.05) is 23.2 Å². The maximum atomic E-state index is 10.6. The van der Waals surface area contributed by atoms with Gasteiger partial charge in [0.25, 0.3) is 0 Å². The first-order valence-corrected chi connectivity index (χ1v) is 3.96. The van der Waals surface area contributed by atoms with E-state index < -0.39 is 10.8 Å². The van der Waals surface area contributed by atoms with Crippen molar-refractivity contribution in [3.8, 4) is 0 Å². The summed E-state index contributed by atoms with van der Waals surface area (Å²) < 4.78 is 0. The third-order valence-electron chi connectivity index (χ3n) is 1.28. The largest absolute Gasteiger partial charge is 0.478 e. The first-order chi connectivity index (χ1) is 5.63. The van der Waals surface area contributed by atoms with Crippen molar-refractivity contribution in [1.82, 2.24) is 4.98 Å². The highest BCUT2D eigenvalue weighted by Gasteiger charge is 2.15. The predicted molar refractivity (Wildman–Crippen MR) is 45.6 cm³/mol. The topological polar surface area (TPSA) is 50.2 Å². The minimum Gasteiger partial charge on any atom is -0.478 e. The van der Waals surface area contributed by atoms with E-state index in [1.807, 2.05) is 0 Å². The Bertz CT molecular complexity index is 301. The first kappa shape index (κ1) is 9.29. The molecule has 12 heavy (non-hydrogen) atoms. The Kier molecular flexibility index (Phi) is 2.89. The summed E-state index contributed by atoms with van der Waals surface area (Å²) in [6, 6.07) is 2.92. The van der Waals surface area contributed by atoms with Crippen LogP contribution in [-0.2, 0) is 0 Å². The van der Waals surface area contributed by atoms with Crippen molar-refractivity contribution >= 4 is 29.2 Å². The van der Waals surface area contributed by atoms with Gasteiger partial charge in [-0.25, -0.2) is 4.79 Å². The van der Waals surface area contributed by atoms with Crippen molar-refractivity contribution in [3.63, 3.8) is 0 Å². The fourth-order valence-electron chi connectivity index (χ4n) is 0.772. The van der Waals surface area contributed by atoms with Crippen LogP contribution >= 0.6 is 23.2 Å². The number of alkyl halides is 2. The van der Waals surface area contributed by atoms with Crippen LogP contribution in [0.3, 0.4) is 0 Å². The smallest absolute Gasteiger partial charge is 0.337 e. The minimum absolute atomic E-state index is 0.0347. The number of carboxylic acids is 1. The summed E-state index contributed by atoms with van der Waals surface area (Å²) in [7, 11) is 0. The highest BCUT2D eigenvalue weighted by molar-refractivity contribution is 6.44. The zero-order valence-electron chi connectivity index (χ0n) is 5.87. The van der Waals surface area contributed by atoms with E-state index in [1.54, 1.807) is 0 Å². The number of aromatic carboxylic acids is 1. The van der Waals surface area contributed by atoms with Gasteiger partial charge in [-0.15, -0.1) is 0 Å². The molecule has 1 N–H and O–H groups in total. The molecule has 0 aliphatic rings. The maximum absolute atomic E-state index is 10.6. The molecule has 0 saturated carbocycles. The van der Waals surface area contributed by atoms with Crippen LogP contribution < -0.4 is 0 Å². The van der Waals surface area contributed by atoms with Crippen molar-refractivity contribution in [2.75, 3.05) is 0 Å². The minimum atomic E-state index is -1.08. The van der Waals surface area contributed by atoms with Gasteiger partial charge in [-0.3, -0.25) is 4.98 Å². The normalized spacial score (nSPS) is 10.2. The monoisotopic (exact) mass is 205 g/mol. The molecule has 0 fully saturated rings. The molecule has 1 aromatic rings. The summed E-state index contributed by atoms with van der Waals surface area (Å²) in [6.07, 6.45) is 1.44. The number of carbonyl (C=O) groups is 1. The van der Waals surface area contributed by atoms with Crippen LogP contribution in [0.1, 0.15) is 20.9 Å². The quantitative estimate of drug-likeness (QED) is 0.755. The molecule has 0 aliphatic heterocycles. The molecule has 3 nitrogen and oxygen atoms in total. The van der Waals surface area contributed by atoms with Gasteiger partial charge in [0.15, 0.2) is 0 Å². The number of hydrogen-bond acceptors (Lipinski definition) is 2. The molecule has 1 rings (SSSR count). The van der Waals surface area contributed by atoms with Crippen molar-refractivity contribution < 1.29 is 9.90 Å². The standard InChI is InChI=1S/C7H5Cl2NO2/c8-6(9)5-4(7(11)12)2-1-3-10-5/h1-3,6H,(H,11,12).